The van der Waals surface area contributed by atoms with Crippen LogP contribution >= 0.6 is 23.2 Å². The number of fused-ring (bicyclic) bond motifs is 1. The number of amides is 1. The number of benzene rings is 2. The summed E-state index contributed by atoms with van der Waals surface area (Å²) in [4.78, 5) is 19.9. The number of halogens is 2. The van der Waals surface area contributed by atoms with Gasteiger partial charge < -0.3 is 11.5 Å². The van der Waals surface area contributed by atoms with Crippen molar-refractivity contribution in [3.63, 3.8) is 0 Å². The maximum Gasteiger partial charge on any atom is 0.280 e. The molecule has 0 bridgehead atoms. The van der Waals surface area contributed by atoms with E-state index in [2.05, 4.69) is 9.98 Å². The van der Waals surface area contributed by atoms with E-state index in [-0.39, 0.29) is 5.96 Å². The lowest BCUT2D eigenvalue weighted by molar-refractivity contribution is 0.100. The molecule has 1 aromatic heterocycles. The molecule has 0 spiro atoms. The number of aromatic nitrogens is 1. The predicted octanol–water partition coefficient (Wildman–Crippen LogP) is 3.62. The summed E-state index contributed by atoms with van der Waals surface area (Å²) in [5, 5.41) is 1.86. The topological polar surface area (TPSA) is 94.4 Å². The molecule has 0 saturated carbocycles. The normalized spacial score (nSPS) is 10.6. The van der Waals surface area contributed by atoms with E-state index in [1.807, 2.05) is 6.07 Å². The number of rotatable bonds is 2. The van der Waals surface area contributed by atoms with E-state index in [9.17, 15) is 4.79 Å². The Hall–Kier alpha value is -2.63. The van der Waals surface area contributed by atoms with Crippen LogP contribution in [0, 0.1) is 0 Å². The molecule has 0 aliphatic heterocycles. The first-order valence-corrected chi connectivity index (χ1v) is 7.69. The average Bonchev–Trinajstić information content (AvgIpc) is 2.55. The fourth-order valence-corrected chi connectivity index (χ4v) is 2.79. The number of guanidine groups is 1. The van der Waals surface area contributed by atoms with Gasteiger partial charge in [-0.3, -0.25) is 9.78 Å². The highest BCUT2D eigenvalue weighted by Gasteiger charge is 2.12. The van der Waals surface area contributed by atoms with Crippen LogP contribution in [-0.2, 0) is 0 Å². The van der Waals surface area contributed by atoms with Crippen LogP contribution in [-0.4, -0.2) is 16.9 Å². The number of aliphatic imine (C=N–C) groups is 1. The van der Waals surface area contributed by atoms with E-state index in [0.29, 0.717) is 21.1 Å². The Kier molecular flexibility index (Phi) is 4.38. The van der Waals surface area contributed by atoms with Crippen LogP contribution < -0.4 is 11.5 Å². The zero-order valence-electron chi connectivity index (χ0n) is 12.3. The predicted molar refractivity (Wildman–Crippen MR) is 97.3 cm³/mol. The molecule has 1 heterocycles. The molecule has 3 aromatic rings. The molecule has 0 radical (unpaired) electrons. The molecule has 0 saturated heterocycles. The van der Waals surface area contributed by atoms with Crippen molar-refractivity contribution in [2.24, 2.45) is 16.5 Å². The van der Waals surface area contributed by atoms with Crippen molar-refractivity contribution in [2.45, 2.75) is 0 Å². The Morgan fingerprint density at radius 3 is 2.54 bits per heavy atom. The van der Waals surface area contributed by atoms with Crippen molar-refractivity contribution in [1.29, 1.82) is 0 Å². The SMILES string of the molecule is NC(N)=NC(=O)c1ccc2nccc(-c3cc(Cl)ccc3Cl)c2c1. The van der Waals surface area contributed by atoms with Crippen LogP contribution in [0.4, 0.5) is 0 Å². The largest absolute Gasteiger partial charge is 0.370 e. The Morgan fingerprint density at radius 2 is 1.79 bits per heavy atom. The van der Waals surface area contributed by atoms with Crippen LogP contribution in [0.2, 0.25) is 10.0 Å². The molecule has 0 aliphatic carbocycles. The highest BCUT2D eigenvalue weighted by molar-refractivity contribution is 6.35. The Balaban J connectivity index is 2.24. The van der Waals surface area contributed by atoms with E-state index in [1.54, 1.807) is 42.6 Å². The van der Waals surface area contributed by atoms with Gasteiger partial charge in [-0.15, -0.1) is 0 Å². The average molecular weight is 359 g/mol. The first-order chi connectivity index (χ1) is 11.5. The van der Waals surface area contributed by atoms with Crippen LogP contribution in [0.3, 0.4) is 0 Å². The first-order valence-electron chi connectivity index (χ1n) is 6.94. The summed E-state index contributed by atoms with van der Waals surface area (Å²) in [6, 6.07) is 12.0. The van der Waals surface area contributed by atoms with Crippen molar-refractivity contribution in [1.82, 2.24) is 4.98 Å². The quantitative estimate of drug-likeness (QED) is 0.540. The zero-order valence-corrected chi connectivity index (χ0v) is 13.8. The molecule has 120 valence electrons. The lowest BCUT2D eigenvalue weighted by Gasteiger charge is -2.09. The van der Waals surface area contributed by atoms with Crippen molar-refractivity contribution in [2.75, 3.05) is 0 Å². The van der Waals surface area contributed by atoms with Crippen LogP contribution in [0.1, 0.15) is 10.4 Å². The summed E-state index contributed by atoms with van der Waals surface area (Å²) < 4.78 is 0. The molecule has 0 unspecified atom stereocenters. The smallest absolute Gasteiger partial charge is 0.280 e. The minimum atomic E-state index is -0.524. The van der Waals surface area contributed by atoms with Gasteiger partial charge in [-0.25, -0.2) is 0 Å². The standard InChI is InChI=1S/C17H12Cl2N4O/c18-10-2-3-14(19)12(8-10)11-5-6-22-15-4-1-9(7-13(11)15)16(24)23-17(20)21/h1-8H,(H4,20,21,23,24). The van der Waals surface area contributed by atoms with Gasteiger partial charge in [0.1, 0.15) is 0 Å². The minimum absolute atomic E-state index is 0.288. The molecule has 0 aliphatic rings. The first kappa shape index (κ1) is 16.2. The molecule has 3 rings (SSSR count). The fraction of sp³-hybridized carbons (Fsp3) is 0. The van der Waals surface area contributed by atoms with Gasteiger partial charge in [-0.1, -0.05) is 23.2 Å². The van der Waals surface area contributed by atoms with Gasteiger partial charge in [-0.05, 0) is 48.0 Å². The lowest BCUT2D eigenvalue weighted by atomic mass is 9.99. The van der Waals surface area contributed by atoms with Gasteiger partial charge in [0.15, 0.2) is 5.96 Å². The minimum Gasteiger partial charge on any atom is -0.370 e. The molecule has 24 heavy (non-hydrogen) atoms. The Labute approximate surface area is 147 Å². The molecule has 5 nitrogen and oxygen atoms in total. The van der Waals surface area contributed by atoms with Crippen molar-refractivity contribution < 1.29 is 4.79 Å². The summed E-state index contributed by atoms with van der Waals surface area (Å²) in [7, 11) is 0. The zero-order chi connectivity index (χ0) is 17.3. The third-order valence-corrected chi connectivity index (χ3v) is 4.00. The number of pyridine rings is 1. The maximum atomic E-state index is 12.1. The third kappa shape index (κ3) is 3.18. The molecule has 7 heteroatoms. The molecule has 4 N–H and O–H groups in total. The molecular weight excluding hydrogens is 347 g/mol. The number of nitrogens with zero attached hydrogens (tertiary/aromatic N) is 2. The summed E-state index contributed by atoms with van der Waals surface area (Å²) in [5.74, 6) is -0.812. The van der Waals surface area contributed by atoms with E-state index >= 15 is 0 Å². The second kappa shape index (κ2) is 6.47. The number of nitrogens with two attached hydrogens (primary N) is 2. The monoisotopic (exact) mass is 358 g/mol. The summed E-state index contributed by atoms with van der Waals surface area (Å²) in [5.41, 5.74) is 13.2. The van der Waals surface area contributed by atoms with Gasteiger partial charge in [0, 0.05) is 32.8 Å². The fourth-order valence-electron chi connectivity index (χ4n) is 2.40. The van der Waals surface area contributed by atoms with E-state index in [4.69, 9.17) is 34.7 Å². The summed E-state index contributed by atoms with van der Waals surface area (Å²) >= 11 is 12.4. The van der Waals surface area contributed by atoms with Crippen molar-refractivity contribution >= 4 is 46.0 Å². The maximum absolute atomic E-state index is 12.1. The van der Waals surface area contributed by atoms with Gasteiger partial charge in [0.2, 0.25) is 0 Å². The van der Waals surface area contributed by atoms with Gasteiger partial charge in [-0.2, -0.15) is 4.99 Å². The van der Waals surface area contributed by atoms with E-state index in [0.717, 1.165) is 16.5 Å². The third-order valence-electron chi connectivity index (χ3n) is 3.44. The number of hydrogen-bond donors (Lipinski definition) is 2. The Morgan fingerprint density at radius 1 is 1.00 bits per heavy atom. The molecule has 1 amide bonds. The van der Waals surface area contributed by atoms with Crippen molar-refractivity contribution in [3.05, 3.63) is 64.3 Å². The molecular formula is C17H12Cl2N4O. The highest BCUT2D eigenvalue weighted by Crippen LogP contribution is 2.35. The van der Waals surface area contributed by atoms with Crippen LogP contribution in [0.5, 0.6) is 0 Å². The highest BCUT2D eigenvalue weighted by atomic mass is 35.5. The van der Waals surface area contributed by atoms with Crippen LogP contribution in [0.25, 0.3) is 22.0 Å². The summed E-state index contributed by atoms with van der Waals surface area (Å²) in [6.45, 7) is 0. The van der Waals surface area contributed by atoms with E-state index in [1.165, 1.54) is 0 Å². The molecule has 0 fully saturated rings. The second-order valence-corrected chi connectivity index (χ2v) is 5.90. The van der Waals surface area contributed by atoms with Crippen LogP contribution in [0.15, 0.2) is 53.7 Å². The summed E-state index contributed by atoms with van der Waals surface area (Å²) in [6.07, 6.45) is 1.67. The number of hydrogen-bond acceptors (Lipinski definition) is 2. The Bertz CT molecular complexity index is 981. The molecule has 0 atom stereocenters. The lowest BCUT2D eigenvalue weighted by Crippen LogP contribution is -2.24. The molecule has 2 aromatic carbocycles. The van der Waals surface area contributed by atoms with Gasteiger partial charge in [0.05, 0.1) is 5.52 Å². The second-order valence-electron chi connectivity index (χ2n) is 5.06. The number of carbonyl (C=O) groups is 1. The van der Waals surface area contributed by atoms with Crippen molar-refractivity contribution in [3.8, 4) is 11.1 Å². The van der Waals surface area contributed by atoms with Gasteiger partial charge >= 0.3 is 0 Å². The van der Waals surface area contributed by atoms with Gasteiger partial charge in [0.25, 0.3) is 5.91 Å². The van der Waals surface area contributed by atoms with E-state index < -0.39 is 5.91 Å². The number of carbonyl (C=O) groups excluding carboxylic acids is 1.